The van der Waals surface area contributed by atoms with Crippen LogP contribution in [0.1, 0.15) is 136 Å². The van der Waals surface area contributed by atoms with Crippen LogP contribution in [0, 0.1) is 0 Å². The van der Waals surface area contributed by atoms with Crippen LogP contribution < -0.4 is 9.88 Å². The van der Waals surface area contributed by atoms with Crippen molar-refractivity contribution >= 4 is 11.8 Å². The van der Waals surface area contributed by atoms with E-state index in [0.717, 1.165) is 57.9 Å². The van der Waals surface area contributed by atoms with Crippen LogP contribution in [-0.4, -0.2) is 70.8 Å². The molecule has 1 aromatic carbocycles. The molecule has 2 saturated heterocycles. The van der Waals surface area contributed by atoms with E-state index in [0.29, 0.717) is 43.2 Å². The van der Waals surface area contributed by atoms with E-state index in [9.17, 15) is 14.8 Å². The molecule has 2 fully saturated rings. The number of hydrogen-bond acceptors (Lipinski definition) is 5. The maximum absolute atomic E-state index is 13.1. The number of benzene rings is 1. The van der Waals surface area contributed by atoms with Crippen molar-refractivity contribution in [1.29, 1.82) is 0 Å². The van der Waals surface area contributed by atoms with Crippen molar-refractivity contribution in [2.24, 2.45) is 0 Å². The number of carbonyl (C=O) groups is 2. The summed E-state index contributed by atoms with van der Waals surface area (Å²) in [6, 6.07) is 11.6. The fourth-order valence-corrected chi connectivity index (χ4v) is 8.70. The summed E-state index contributed by atoms with van der Waals surface area (Å²) in [7, 11) is 0. The fourth-order valence-electron chi connectivity index (χ4n) is 8.70. The highest BCUT2D eigenvalue weighted by atomic mass is 16.5. The van der Waals surface area contributed by atoms with E-state index < -0.39 is 11.1 Å². The van der Waals surface area contributed by atoms with Crippen molar-refractivity contribution in [3.63, 3.8) is 0 Å². The number of nitrogens with zero attached hydrogens (tertiary/aromatic N) is 6. The van der Waals surface area contributed by atoms with Crippen LogP contribution in [0.25, 0.3) is 0 Å². The molecule has 4 heterocycles. The highest BCUT2D eigenvalue weighted by Gasteiger charge is 2.45. The Kier molecular flexibility index (Phi) is 12.6. The third-order valence-electron chi connectivity index (χ3n) is 11.4. The molecular formula is C40H62N7O3+. The molecule has 10 heteroatoms. The maximum atomic E-state index is 13.1. The van der Waals surface area contributed by atoms with Crippen LogP contribution in [0.15, 0.2) is 67.8 Å². The maximum Gasteiger partial charge on any atom is 0.262 e. The monoisotopic (exact) mass is 688 g/mol. The highest BCUT2D eigenvalue weighted by molar-refractivity contribution is 5.78. The van der Waals surface area contributed by atoms with Gasteiger partial charge in [0.1, 0.15) is 18.4 Å². The first-order chi connectivity index (χ1) is 23.9. The molecule has 2 aliphatic rings. The number of nitrogens with one attached hydrogen (secondary N) is 1. The topological polar surface area (TPSA) is 99.5 Å². The normalized spacial score (nSPS) is 20.5. The lowest BCUT2D eigenvalue weighted by Crippen LogP contribution is -2.63. The molecule has 50 heavy (non-hydrogen) atoms. The van der Waals surface area contributed by atoms with Crippen LogP contribution in [0.2, 0.25) is 0 Å². The number of hydroxylamine groups is 2. The fraction of sp³-hybridized carbons (Fsp3) is 0.650. The summed E-state index contributed by atoms with van der Waals surface area (Å²) in [5.41, 5.74) is 0.545. The average Bonchev–Trinajstić information content (AvgIpc) is 3.86. The molecule has 5 rings (SSSR count). The van der Waals surface area contributed by atoms with Crippen LogP contribution in [0.3, 0.4) is 0 Å². The van der Waals surface area contributed by atoms with E-state index in [1.54, 1.807) is 0 Å². The molecule has 4 atom stereocenters. The van der Waals surface area contributed by atoms with Crippen LogP contribution >= 0.6 is 0 Å². The Hall–Kier alpha value is -3.50. The van der Waals surface area contributed by atoms with Gasteiger partial charge in [0, 0.05) is 54.6 Å². The van der Waals surface area contributed by atoms with Gasteiger partial charge in [-0.25, -0.2) is 14.1 Å². The lowest BCUT2D eigenvalue weighted by molar-refractivity contribution is -0.684. The van der Waals surface area contributed by atoms with Crippen LogP contribution in [0.5, 0.6) is 0 Å². The van der Waals surface area contributed by atoms with E-state index in [1.807, 2.05) is 51.0 Å². The zero-order chi connectivity index (χ0) is 35.9. The smallest absolute Gasteiger partial charge is 0.262 e. The minimum absolute atomic E-state index is 0.00633. The number of imidazole rings is 2. The number of aromatic nitrogens is 4. The predicted molar refractivity (Wildman–Crippen MR) is 195 cm³/mol. The minimum atomic E-state index is -0.410. The van der Waals surface area contributed by atoms with Gasteiger partial charge < -0.3 is 20.0 Å². The molecule has 0 aliphatic carbocycles. The molecule has 2 aliphatic heterocycles. The van der Waals surface area contributed by atoms with Gasteiger partial charge in [0.05, 0.1) is 6.33 Å². The molecule has 10 nitrogen and oxygen atoms in total. The molecule has 3 aromatic rings. The first kappa shape index (κ1) is 37.7. The Morgan fingerprint density at radius 1 is 0.960 bits per heavy atom. The van der Waals surface area contributed by atoms with E-state index in [-0.39, 0.29) is 24.5 Å². The predicted octanol–water partition coefficient (Wildman–Crippen LogP) is 6.83. The van der Waals surface area contributed by atoms with Gasteiger partial charge in [0.2, 0.25) is 12.2 Å². The van der Waals surface area contributed by atoms with Crippen molar-refractivity contribution in [3.05, 3.63) is 73.3 Å². The Labute approximate surface area is 299 Å². The molecule has 274 valence electrons. The van der Waals surface area contributed by atoms with Crippen LogP contribution in [0.4, 0.5) is 0 Å². The lowest BCUT2D eigenvalue weighted by Gasteiger charge is -2.51. The molecule has 0 bridgehead atoms. The molecular weight excluding hydrogens is 626 g/mol. The summed E-state index contributed by atoms with van der Waals surface area (Å²) in [4.78, 5) is 32.6. The molecule has 0 spiro atoms. The first-order valence-electron chi connectivity index (χ1n) is 19.0. The number of amides is 2. The lowest BCUT2D eigenvalue weighted by atomic mass is 9.79. The minimum Gasteiger partial charge on any atom is -0.350 e. The Morgan fingerprint density at radius 3 is 2.24 bits per heavy atom. The third-order valence-corrected chi connectivity index (χ3v) is 11.4. The van der Waals surface area contributed by atoms with Gasteiger partial charge in [-0.3, -0.25) is 9.59 Å². The Balaban J connectivity index is 1.18. The molecule has 4 unspecified atom stereocenters. The van der Waals surface area contributed by atoms with Crippen molar-refractivity contribution in [2.45, 2.75) is 160 Å². The largest absolute Gasteiger partial charge is 0.350 e. The number of carbonyl (C=O) groups excluding carboxylic acids is 2. The van der Waals surface area contributed by atoms with Crippen molar-refractivity contribution in [1.82, 2.24) is 29.4 Å². The Bertz CT molecular complexity index is 1480. The van der Waals surface area contributed by atoms with Gasteiger partial charge in [-0.2, -0.15) is 5.06 Å². The van der Waals surface area contributed by atoms with Gasteiger partial charge in [0.15, 0.2) is 6.54 Å². The summed E-state index contributed by atoms with van der Waals surface area (Å²) >= 11 is 0. The van der Waals surface area contributed by atoms with E-state index in [1.165, 1.54) is 10.6 Å². The van der Waals surface area contributed by atoms with Gasteiger partial charge >= 0.3 is 0 Å². The summed E-state index contributed by atoms with van der Waals surface area (Å²) < 4.78 is 6.48. The standard InChI is InChI=1S/C40H61N7O3/c1-7-34(45-25-24-43(30-45)28-37(48)42-33-26-39(3,4)47(50)40(5,6)27-33)17-18-35(44-23-21-41-29-44)19-20-36(46-22-11-14-38(46)49)16-15-31(2)32-12-9-8-10-13-32/h8-10,12-13,21,23-25,29-31,33-36,50H,7,11,14-20,22,26-28H2,1-6H3/p+1. The molecule has 2 aromatic heterocycles. The quantitative estimate of drug-likeness (QED) is 0.152. The number of rotatable bonds is 17. The summed E-state index contributed by atoms with van der Waals surface area (Å²) in [5, 5.41) is 15.3. The average molecular weight is 689 g/mol. The number of piperidine rings is 1. The summed E-state index contributed by atoms with van der Waals surface area (Å²) in [5.74, 6) is 0.763. The summed E-state index contributed by atoms with van der Waals surface area (Å²) in [6.07, 6.45) is 22.1. The molecule has 0 radical (unpaired) electrons. The van der Waals surface area contributed by atoms with Gasteiger partial charge in [-0.15, -0.1) is 0 Å². The zero-order valence-electron chi connectivity index (χ0n) is 31.4. The van der Waals surface area contributed by atoms with E-state index >= 15 is 0 Å². The van der Waals surface area contributed by atoms with E-state index in [4.69, 9.17) is 0 Å². The second kappa shape index (κ2) is 16.7. The van der Waals surface area contributed by atoms with Crippen molar-refractivity contribution in [3.8, 4) is 0 Å². The summed E-state index contributed by atoms with van der Waals surface area (Å²) in [6.45, 7) is 13.7. The SMILES string of the molecule is CCC(CCC(CCC(CCC(C)c1ccccc1)N1CCCC1=O)n1ccnc1)n1cc[n+](CC(=O)NC2CC(C)(C)N(O)C(C)(C)C2)c1. The third kappa shape index (κ3) is 9.63. The second-order valence-corrected chi connectivity index (χ2v) is 16.3. The van der Waals surface area contributed by atoms with Gasteiger partial charge in [-0.1, -0.05) is 44.2 Å². The van der Waals surface area contributed by atoms with Gasteiger partial charge in [0.25, 0.3) is 5.91 Å². The van der Waals surface area contributed by atoms with Gasteiger partial charge in [-0.05, 0) is 103 Å². The molecule has 2 amide bonds. The highest BCUT2D eigenvalue weighted by Crippen LogP contribution is 2.37. The Morgan fingerprint density at radius 2 is 1.62 bits per heavy atom. The van der Waals surface area contributed by atoms with Crippen LogP contribution in [-0.2, 0) is 16.1 Å². The number of hydrogen-bond donors (Lipinski definition) is 2. The number of likely N-dealkylation sites (tertiary alicyclic amines) is 1. The van der Waals surface area contributed by atoms with Crippen molar-refractivity contribution in [2.75, 3.05) is 6.54 Å². The zero-order valence-corrected chi connectivity index (χ0v) is 31.4. The first-order valence-corrected chi connectivity index (χ1v) is 19.0. The second-order valence-electron chi connectivity index (χ2n) is 16.3. The molecule has 0 saturated carbocycles. The van der Waals surface area contributed by atoms with Crippen molar-refractivity contribution < 1.29 is 19.4 Å². The molecule has 2 N–H and O–H groups in total. The van der Waals surface area contributed by atoms with E-state index in [2.05, 4.69) is 87.2 Å².